The fourth-order valence-corrected chi connectivity index (χ4v) is 3.77. The zero-order valence-corrected chi connectivity index (χ0v) is 17.1. The largest absolute Gasteiger partial charge is 0.354 e. The molecule has 26 heavy (non-hydrogen) atoms. The number of aromatic nitrogens is 1. The molecule has 0 radical (unpaired) electrons. The third kappa shape index (κ3) is 5.81. The van der Waals surface area contributed by atoms with Crippen molar-refractivity contribution in [1.29, 1.82) is 0 Å². The molecular weight excluding hydrogens is 342 g/mol. The van der Waals surface area contributed by atoms with Crippen molar-refractivity contribution >= 4 is 17.3 Å². The van der Waals surface area contributed by atoms with Crippen LogP contribution in [-0.2, 0) is 13.0 Å². The Balaban J connectivity index is 1.96. The standard InChI is InChI=1S/C20H31N5S/c1-5-17-13-22-19(26-17)15-24-20(21-4)23-14-18(25(6-2)7-3)16-11-9-8-10-12-16/h8-13,18H,5-7,14-15H2,1-4H3,(H2,21,23,24). The molecule has 1 aromatic carbocycles. The van der Waals surface area contributed by atoms with E-state index in [9.17, 15) is 0 Å². The predicted octanol–water partition coefficient (Wildman–Crippen LogP) is 3.45. The molecule has 0 spiro atoms. The van der Waals surface area contributed by atoms with Crippen LogP contribution in [0.5, 0.6) is 0 Å². The van der Waals surface area contributed by atoms with Crippen molar-refractivity contribution in [2.45, 2.75) is 39.8 Å². The van der Waals surface area contributed by atoms with Gasteiger partial charge in [0, 0.05) is 24.7 Å². The number of hydrogen-bond acceptors (Lipinski definition) is 4. The minimum absolute atomic E-state index is 0.316. The van der Waals surface area contributed by atoms with E-state index in [4.69, 9.17) is 0 Å². The summed E-state index contributed by atoms with van der Waals surface area (Å²) in [7, 11) is 1.81. The molecule has 1 atom stereocenters. The Morgan fingerprint density at radius 1 is 1.15 bits per heavy atom. The molecule has 0 amide bonds. The summed E-state index contributed by atoms with van der Waals surface area (Å²) in [6.45, 7) is 10.1. The van der Waals surface area contributed by atoms with Gasteiger partial charge in [0.2, 0.25) is 0 Å². The Labute approximate surface area is 161 Å². The molecule has 2 aromatic rings. The van der Waals surface area contributed by atoms with E-state index in [0.717, 1.165) is 37.0 Å². The lowest BCUT2D eigenvalue weighted by molar-refractivity contribution is 0.219. The molecular formula is C20H31N5S. The first-order valence-electron chi connectivity index (χ1n) is 9.38. The highest BCUT2D eigenvalue weighted by Crippen LogP contribution is 2.19. The summed E-state index contributed by atoms with van der Waals surface area (Å²) in [6, 6.07) is 11.0. The fraction of sp³-hybridized carbons (Fsp3) is 0.500. The SMILES string of the molecule is CCc1cnc(CNC(=NC)NCC(c2ccccc2)N(CC)CC)s1. The van der Waals surface area contributed by atoms with E-state index in [-0.39, 0.29) is 0 Å². The van der Waals surface area contributed by atoms with Gasteiger partial charge >= 0.3 is 0 Å². The summed E-state index contributed by atoms with van der Waals surface area (Å²) in [5.41, 5.74) is 1.33. The second kappa shape index (κ2) is 10.9. The Kier molecular flexibility index (Phi) is 8.58. The highest BCUT2D eigenvalue weighted by Gasteiger charge is 2.18. The van der Waals surface area contributed by atoms with E-state index in [0.29, 0.717) is 12.6 Å². The van der Waals surface area contributed by atoms with Crippen molar-refractivity contribution in [2.24, 2.45) is 4.99 Å². The Morgan fingerprint density at radius 2 is 1.88 bits per heavy atom. The maximum atomic E-state index is 4.46. The molecule has 6 heteroatoms. The van der Waals surface area contributed by atoms with E-state index >= 15 is 0 Å². The zero-order valence-electron chi connectivity index (χ0n) is 16.3. The molecule has 0 aliphatic heterocycles. The zero-order chi connectivity index (χ0) is 18.8. The van der Waals surface area contributed by atoms with Crippen molar-refractivity contribution in [3.05, 3.63) is 52.0 Å². The molecule has 0 fully saturated rings. The molecule has 0 aliphatic rings. The van der Waals surface area contributed by atoms with Crippen molar-refractivity contribution in [3.63, 3.8) is 0 Å². The van der Waals surface area contributed by atoms with Crippen molar-refractivity contribution in [3.8, 4) is 0 Å². The van der Waals surface area contributed by atoms with E-state index in [1.807, 2.05) is 13.2 Å². The molecule has 0 saturated heterocycles. The number of likely N-dealkylation sites (N-methyl/N-ethyl adjacent to an activating group) is 1. The highest BCUT2D eigenvalue weighted by atomic mass is 32.1. The number of benzene rings is 1. The first-order valence-corrected chi connectivity index (χ1v) is 10.2. The highest BCUT2D eigenvalue weighted by molar-refractivity contribution is 7.11. The van der Waals surface area contributed by atoms with Gasteiger partial charge in [0.1, 0.15) is 5.01 Å². The molecule has 1 heterocycles. The van der Waals surface area contributed by atoms with Crippen molar-refractivity contribution in [1.82, 2.24) is 20.5 Å². The van der Waals surface area contributed by atoms with Gasteiger partial charge in [0.25, 0.3) is 0 Å². The van der Waals surface area contributed by atoms with Gasteiger partial charge in [-0.15, -0.1) is 11.3 Å². The topological polar surface area (TPSA) is 52.6 Å². The normalized spacial score (nSPS) is 13.0. The van der Waals surface area contributed by atoms with Crippen molar-refractivity contribution < 1.29 is 0 Å². The number of aliphatic imine (C=N–C) groups is 1. The molecule has 0 saturated carbocycles. The van der Waals surface area contributed by atoms with E-state index in [1.54, 1.807) is 11.3 Å². The number of rotatable bonds is 9. The molecule has 0 aliphatic carbocycles. The van der Waals surface area contributed by atoms with Crippen LogP contribution >= 0.6 is 11.3 Å². The van der Waals surface area contributed by atoms with Gasteiger partial charge in [-0.05, 0) is 25.1 Å². The first kappa shape index (κ1) is 20.4. The van der Waals surface area contributed by atoms with Crippen LogP contribution in [-0.4, -0.2) is 42.5 Å². The van der Waals surface area contributed by atoms with Crippen LogP contribution in [0.1, 0.15) is 42.3 Å². The third-order valence-corrected chi connectivity index (χ3v) is 5.62. The Hall–Kier alpha value is -1.92. The van der Waals surface area contributed by atoms with Crippen LogP contribution in [0.4, 0.5) is 0 Å². The summed E-state index contributed by atoms with van der Waals surface area (Å²) in [5, 5.41) is 7.95. The van der Waals surface area contributed by atoms with Crippen LogP contribution in [0.15, 0.2) is 41.5 Å². The summed E-state index contributed by atoms with van der Waals surface area (Å²) < 4.78 is 0. The van der Waals surface area contributed by atoms with Crippen LogP contribution in [0.2, 0.25) is 0 Å². The molecule has 1 aromatic heterocycles. The van der Waals surface area contributed by atoms with Gasteiger partial charge in [-0.3, -0.25) is 9.89 Å². The maximum absolute atomic E-state index is 4.46. The fourth-order valence-electron chi connectivity index (χ4n) is 2.96. The minimum atomic E-state index is 0.316. The molecule has 5 nitrogen and oxygen atoms in total. The second-order valence-electron chi connectivity index (χ2n) is 6.03. The van der Waals surface area contributed by atoms with Crippen LogP contribution in [0.3, 0.4) is 0 Å². The summed E-state index contributed by atoms with van der Waals surface area (Å²) >= 11 is 1.75. The molecule has 0 bridgehead atoms. The lowest BCUT2D eigenvalue weighted by Gasteiger charge is -2.30. The number of nitrogens with one attached hydrogen (secondary N) is 2. The maximum Gasteiger partial charge on any atom is 0.191 e. The quantitative estimate of drug-likeness (QED) is 0.522. The van der Waals surface area contributed by atoms with Gasteiger partial charge < -0.3 is 10.6 Å². The number of guanidine groups is 1. The van der Waals surface area contributed by atoms with Gasteiger partial charge in [-0.2, -0.15) is 0 Å². The van der Waals surface area contributed by atoms with E-state index in [2.05, 4.69) is 76.6 Å². The average molecular weight is 374 g/mol. The summed E-state index contributed by atoms with van der Waals surface area (Å²) in [6.07, 6.45) is 3.00. The summed E-state index contributed by atoms with van der Waals surface area (Å²) in [4.78, 5) is 12.6. The van der Waals surface area contributed by atoms with Gasteiger partial charge in [0.05, 0.1) is 12.6 Å². The summed E-state index contributed by atoms with van der Waals surface area (Å²) in [5.74, 6) is 0.811. The van der Waals surface area contributed by atoms with E-state index < -0.39 is 0 Å². The molecule has 142 valence electrons. The smallest absolute Gasteiger partial charge is 0.191 e. The monoisotopic (exact) mass is 373 g/mol. The second-order valence-corrected chi connectivity index (χ2v) is 7.23. The van der Waals surface area contributed by atoms with Gasteiger partial charge in [0.15, 0.2) is 5.96 Å². The van der Waals surface area contributed by atoms with Crippen LogP contribution in [0, 0.1) is 0 Å². The lowest BCUT2D eigenvalue weighted by atomic mass is 10.1. The average Bonchev–Trinajstić information content (AvgIpc) is 3.16. The molecule has 2 rings (SSSR count). The van der Waals surface area contributed by atoms with Crippen LogP contribution < -0.4 is 10.6 Å². The number of nitrogens with zero attached hydrogens (tertiary/aromatic N) is 3. The number of aryl methyl sites for hydroxylation is 1. The predicted molar refractivity (Wildman–Crippen MR) is 112 cm³/mol. The third-order valence-electron chi connectivity index (χ3n) is 4.48. The Morgan fingerprint density at radius 3 is 2.46 bits per heavy atom. The van der Waals surface area contributed by atoms with E-state index in [1.165, 1.54) is 10.4 Å². The molecule has 1 unspecified atom stereocenters. The van der Waals surface area contributed by atoms with Gasteiger partial charge in [-0.1, -0.05) is 51.1 Å². The first-order chi connectivity index (χ1) is 12.7. The van der Waals surface area contributed by atoms with Crippen molar-refractivity contribution in [2.75, 3.05) is 26.7 Å². The Bertz CT molecular complexity index is 664. The minimum Gasteiger partial charge on any atom is -0.354 e. The number of hydrogen-bond donors (Lipinski definition) is 2. The van der Waals surface area contributed by atoms with Gasteiger partial charge in [-0.25, -0.2) is 4.98 Å². The number of thiazole rings is 1. The lowest BCUT2D eigenvalue weighted by Crippen LogP contribution is -2.43. The molecule has 2 N–H and O–H groups in total. The van der Waals surface area contributed by atoms with Crippen LogP contribution in [0.25, 0.3) is 0 Å².